The van der Waals surface area contributed by atoms with Gasteiger partial charge < -0.3 is 4.90 Å². The van der Waals surface area contributed by atoms with Crippen molar-refractivity contribution in [1.82, 2.24) is 0 Å². The Morgan fingerprint density at radius 2 is 0.741 bits per heavy atom. The van der Waals surface area contributed by atoms with Crippen LogP contribution in [0, 0.1) is 0 Å². The third-order valence-corrected chi connectivity index (χ3v) is 11.9. The molecule has 276 valence electrons. The molecule has 0 aromatic heterocycles. The van der Waals surface area contributed by atoms with Crippen LogP contribution < -0.4 is 4.90 Å². The van der Waals surface area contributed by atoms with Crippen LogP contribution in [0.15, 0.2) is 231 Å². The number of hydrogen-bond donors (Lipinski definition) is 0. The average Bonchev–Trinajstić information content (AvgIpc) is 3.60. The highest BCUT2D eigenvalue weighted by molar-refractivity contribution is 5.90. The standard InChI is InChI=1S/C57H43N/c1-2-41-26-36-53-54-37-35-52(40-56(54)57(55(53)38-41,48-21-11-5-12-22-48)49-23-13-6-14-24-49)58(51-25-15-20-47(39-51)43-18-9-4-10-19-43)50-33-31-46(32-34-50)45-29-27-44(28-30-45)42-16-7-3-8-17-42/h3-40H,2H2,1H3. The maximum Gasteiger partial charge on any atom is 0.0714 e. The number of nitrogens with zero attached hydrogens (tertiary/aromatic N) is 1. The van der Waals surface area contributed by atoms with Gasteiger partial charge in [0.25, 0.3) is 0 Å². The van der Waals surface area contributed by atoms with Gasteiger partial charge in [-0.05, 0) is 115 Å². The van der Waals surface area contributed by atoms with Gasteiger partial charge in [-0.3, -0.25) is 0 Å². The normalized spacial score (nSPS) is 12.4. The minimum Gasteiger partial charge on any atom is -0.310 e. The monoisotopic (exact) mass is 741 g/mol. The Hall–Kier alpha value is -7.22. The quantitative estimate of drug-likeness (QED) is 0.142. The summed E-state index contributed by atoms with van der Waals surface area (Å²) in [6.45, 7) is 2.25. The van der Waals surface area contributed by atoms with E-state index in [-0.39, 0.29) is 0 Å². The largest absolute Gasteiger partial charge is 0.310 e. The summed E-state index contributed by atoms with van der Waals surface area (Å²) in [6, 6.07) is 84.6. The van der Waals surface area contributed by atoms with E-state index in [9.17, 15) is 0 Å². The van der Waals surface area contributed by atoms with Crippen molar-refractivity contribution in [2.75, 3.05) is 4.90 Å². The van der Waals surface area contributed by atoms with Crippen LogP contribution in [0.25, 0.3) is 44.5 Å². The van der Waals surface area contributed by atoms with Crippen LogP contribution >= 0.6 is 0 Å². The van der Waals surface area contributed by atoms with Gasteiger partial charge in [-0.1, -0.05) is 201 Å². The van der Waals surface area contributed by atoms with Crippen LogP contribution in [0.2, 0.25) is 0 Å². The van der Waals surface area contributed by atoms with Crippen LogP contribution in [-0.4, -0.2) is 0 Å². The maximum atomic E-state index is 2.46. The molecule has 0 saturated carbocycles. The van der Waals surface area contributed by atoms with E-state index < -0.39 is 5.41 Å². The lowest BCUT2D eigenvalue weighted by molar-refractivity contribution is 0.766. The van der Waals surface area contributed by atoms with Crippen LogP contribution in [-0.2, 0) is 11.8 Å². The average molecular weight is 742 g/mol. The van der Waals surface area contributed by atoms with E-state index in [1.54, 1.807) is 0 Å². The zero-order valence-electron chi connectivity index (χ0n) is 32.6. The fourth-order valence-corrected chi connectivity index (χ4v) is 9.07. The smallest absolute Gasteiger partial charge is 0.0714 e. The van der Waals surface area contributed by atoms with Crippen molar-refractivity contribution in [3.05, 3.63) is 258 Å². The Labute approximate surface area is 342 Å². The van der Waals surface area contributed by atoms with Crippen molar-refractivity contribution in [2.24, 2.45) is 0 Å². The van der Waals surface area contributed by atoms with Crippen molar-refractivity contribution >= 4 is 17.1 Å². The third kappa shape index (κ3) is 6.13. The van der Waals surface area contributed by atoms with Crippen molar-refractivity contribution in [3.8, 4) is 44.5 Å². The lowest BCUT2D eigenvalue weighted by Gasteiger charge is -2.35. The van der Waals surface area contributed by atoms with Crippen molar-refractivity contribution in [1.29, 1.82) is 0 Å². The summed E-state index contributed by atoms with van der Waals surface area (Å²) >= 11 is 0. The lowest BCUT2D eigenvalue weighted by Crippen LogP contribution is -2.29. The van der Waals surface area contributed by atoms with E-state index in [1.807, 2.05) is 0 Å². The highest BCUT2D eigenvalue weighted by Gasteiger charge is 2.46. The first-order chi connectivity index (χ1) is 28.7. The molecule has 0 N–H and O–H groups in total. The van der Waals surface area contributed by atoms with Gasteiger partial charge in [0, 0.05) is 17.1 Å². The molecular weight excluding hydrogens is 699 g/mol. The van der Waals surface area contributed by atoms with Crippen LogP contribution in [0.1, 0.15) is 34.7 Å². The molecule has 1 nitrogen and oxygen atoms in total. The molecule has 0 saturated heterocycles. The summed E-state index contributed by atoms with van der Waals surface area (Å²) in [6.07, 6.45) is 0.979. The number of rotatable bonds is 9. The summed E-state index contributed by atoms with van der Waals surface area (Å²) < 4.78 is 0. The zero-order chi connectivity index (χ0) is 38.9. The molecule has 0 heterocycles. The van der Waals surface area contributed by atoms with E-state index in [1.165, 1.54) is 72.3 Å². The molecule has 9 aromatic rings. The second-order valence-electron chi connectivity index (χ2n) is 15.2. The highest BCUT2D eigenvalue weighted by atomic mass is 15.1. The van der Waals surface area contributed by atoms with Crippen LogP contribution in [0.5, 0.6) is 0 Å². The molecule has 0 fully saturated rings. The zero-order valence-corrected chi connectivity index (χ0v) is 32.6. The first-order valence-corrected chi connectivity index (χ1v) is 20.3. The number of aryl methyl sites for hydroxylation is 1. The molecule has 1 heteroatoms. The summed E-state index contributed by atoms with van der Waals surface area (Å²) in [5.74, 6) is 0. The summed E-state index contributed by atoms with van der Waals surface area (Å²) in [5.41, 5.74) is 19.1. The maximum absolute atomic E-state index is 2.46. The summed E-state index contributed by atoms with van der Waals surface area (Å²) in [7, 11) is 0. The number of hydrogen-bond acceptors (Lipinski definition) is 1. The molecule has 10 rings (SSSR count). The van der Waals surface area contributed by atoms with Gasteiger partial charge in [0.1, 0.15) is 0 Å². The molecule has 0 spiro atoms. The molecule has 0 bridgehead atoms. The predicted octanol–water partition coefficient (Wildman–Crippen LogP) is 15.1. The summed E-state index contributed by atoms with van der Waals surface area (Å²) in [5, 5.41) is 0. The van der Waals surface area contributed by atoms with Gasteiger partial charge in [-0.25, -0.2) is 0 Å². The molecule has 1 aliphatic carbocycles. The topological polar surface area (TPSA) is 3.24 Å². The number of fused-ring (bicyclic) bond motifs is 3. The molecule has 1 aliphatic rings. The molecule has 0 amide bonds. The second kappa shape index (κ2) is 15.0. The first kappa shape index (κ1) is 35.2. The fraction of sp³-hybridized carbons (Fsp3) is 0.0526. The Balaban J connectivity index is 1.15. The Morgan fingerprint density at radius 1 is 0.328 bits per heavy atom. The van der Waals surface area contributed by atoms with E-state index in [4.69, 9.17) is 0 Å². The Morgan fingerprint density at radius 3 is 1.29 bits per heavy atom. The van der Waals surface area contributed by atoms with Crippen molar-refractivity contribution in [3.63, 3.8) is 0 Å². The first-order valence-electron chi connectivity index (χ1n) is 20.3. The second-order valence-corrected chi connectivity index (χ2v) is 15.2. The third-order valence-electron chi connectivity index (χ3n) is 11.9. The fourth-order valence-electron chi connectivity index (χ4n) is 9.07. The van der Waals surface area contributed by atoms with Gasteiger partial charge in [-0.2, -0.15) is 0 Å². The van der Waals surface area contributed by atoms with Gasteiger partial charge in [0.15, 0.2) is 0 Å². The van der Waals surface area contributed by atoms with Gasteiger partial charge >= 0.3 is 0 Å². The molecular formula is C57H43N. The van der Waals surface area contributed by atoms with E-state index in [0.29, 0.717) is 0 Å². The molecule has 58 heavy (non-hydrogen) atoms. The minimum absolute atomic E-state index is 0.498. The van der Waals surface area contributed by atoms with E-state index in [0.717, 1.165) is 23.5 Å². The highest BCUT2D eigenvalue weighted by Crippen LogP contribution is 2.57. The Bertz CT molecular complexity index is 2790. The van der Waals surface area contributed by atoms with Crippen LogP contribution in [0.3, 0.4) is 0 Å². The van der Waals surface area contributed by atoms with E-state index in [2.05, 4.69) is 242 Å². The van der Waals surface area contributed by atoms with Crippen molar-refractivity contribution in [2.45, 2.75) is 18.8 Å². The summed E-state index contributed by atoms with van der Waals surface area (Å²) in [4.78, 5) is 2.43. The van der Waals surface area contributed by atoms with E-state index >= 15 is 0 Å². The van der Waals surface area contributed by atoms with Gasteiger partial charge in [-0.15, -0.1) is 0 Å². The van der Waals surface area contributed by atoms with Gasteiger partial charge in [0.05, 0.1) is 5.41 Å². The Kier molecular flexibility index (Phi) is 9.12. The SMILES string of the molecule is CCc1ccc2c(c1)C(c1ccccc1)(c1ccccc1)c1cc(N(c3ccc(-c4ccc(-c5ccccc5)cc4)cc3)c3cccc(-c4ccccc4)c3)ccc1-2. The molecule has 0 aliphatic heterocycles. The molecule has 0 atom stereocenters. The van der Waals surface area contributed by atoms with Gasteiger partial charge in [0.2, 0.25) is 0 Å². The molecule has 9 aromatic carbocycles. The molecule has 0 radical (unpaired) electrons. The van der Waals surface area contributed by atoms with Crippen molar-refractivity contribution < 1.29 is 0 Å². The number of anilines is 3. The number of benzene rings is 9. The molecule has 0 unspecified atom stereocenters. The predicted molar refractivity (Wildman–Crippen MR) is 244 cm³/mol. The minimum atomic E-state index is -0.498. The van der Waals surface area contributed by atoms with Crippen LogP contribution in [0.4, 0.5) is 17.1 Å². The lowest BCUT2D eigenvalue weighted by atomic mass is 9.67.